The van der Waals surface area contributed by atoms with Gasteiger partial charge in [-0.25, -0.2) is 4.79 Å². The number of hydrogen-bond donors (Lipinski definition) is 2. The zero-order valence-electron chi connectivity index (χ0n) is 7.66. The van der Waals surface area contributed by atoms with Crippen molar-refractivity contribution in [3.63, 3.8) is 0 Å². The Balaban J connectivity index is 1.97. The highest BCUT2D eigenvalue weighted by Gasteiger charge is 2.37. The highest BCUT2D eigenvalue weighted by molar-refractivity contribution is 5.72. The summed E-state index contributed by atoms with van der Waals surface area (Å²) in [7, 11) is 0. The lowest BCUT2D eigenvalue weighted by Gasteiger charge is -2.32. The minimum Gasteiger partial charge on any atom is -0.378 e. The Kier molecular flexibility index (Phi) is 2.40. The van der Waals surface area contributed by atoms with Crippen LogP contribution in [0.15, 0.2) is 0 Å². The highest BCUT2D eigenvalue weighted by Crippen LogP contribution is 2.34. The molecular weight excluding hydrogens is 168 g/mol. The number of nitrogens with two attached hydrogens (primary N) is 1. The van der Waals surface area contributed by atoms with E-state index in [4.69, 9.17) is 10.5 Å². The van der Waals surface area contributed by atoms with Gasteiger partial charge in [0.2, 0.25) is 0 Å². The number of nitrogens with one attached hydrogen (secondary N) is 1. The third-order valence-corrected chi connectivity index (χ3v) is 3.11. The summed E-state index contributed by atoms with van der Waals surface area (Å²) < 4.78 is 5.58. The van der Waals surface area contributed by atoms with E-state index in [1.54, 1.807) is 0 Å². The first kappa shape index (κ1) is 8.81. The molecule has 4 nitrogen and oxygen atoms in total. The molecule has 0 aromatic heterocycles. The van der Waals surface area contributed by atoms with E-state index >= 15 is 0 Å². The molecule has 1 saturated heterocycles. The number of urea groups is 1. The van der Waals surface area contributed by atoms with Crippen molar-refractivity contribution < 1.29 is 9.53 Å². The van der Waals surface area contributed by atoms with Crippen molar-refractivity contribution in [3.05, 3.63) is 0 Å². The summed E-state index contributed by atoms with van der Waals surface area (Å²) in [6.45, 7) is 0.840. The highest BCUT2D eigenvalue weighted by atomic mass is 16.5. The summed E-state index contributed by atoms with van der Waals surface area (Å²) in [4.78, 5) is 10.7. The van der Waals surface area contributed by atoms with Gasteiger partial charge in [-0.3, -0.25) is 0 Å². The molecule has 2 aliphatic rings. The average Bonchev–Trinajstić information content (AvgIpc) is 2.51. The van der Waals surface area contributed by atoms with Crippen LogP contribution in [0.5, 0.6) is 0 Å². The van der Waals surface area contributed by atoms with E-state index in [1.807, 2.05) is 0 Å². The van der Waals surface area contributed by atoms with Crippen LogP contribution >= 0.6 is 0 Å². The Labute approximate surface area is 77.8 Å². The standard InChI is InChI=1S/C9H16N2O2/c10-9(12)11-7-2-1-3-8-6(7)4-5-13-8/h6-8H,1-5H2,(H3,10,11,12). The van der Waals surface area contributed by atoms with Gasteiger partial charge in [0.15, 0.2) is 0 Å². The first-order valence-electron chi connectivity index (χ1n) is 4.95. The Hall–Kier alpha value is -0.770. The molecule has 1 aliphatic carbocycles. The van der Waals surface area contributed by atoms with Gasteiger partial charge in [-0.2, -0.15) is 0 Å². The summed E-state index contributed by atoms with van der Waals surface area (Å²) >= 11 is 0. The smallest absolute Gasteiger partial charge is 0.312 e. The Morgan fingerprint density at radius 1 is 1.38 bits per heavy atom. The normalized spacial score (nSPS) is 38.3. The summed E-state index contributed by atoms with van der Waals surface area (Å²) in [6.07, 6.45) is 4.75. The van der Waals surface area contributed by atoms with Crippen LogP contribution in [0.1, 0.15) is 25.7 Å². The molecule has 1 aliphatic heterocycles. The van der Waals surface area contributed by atoms with Crippen LogP contribution in [-0.2, 0) is 4.74 Å². The topological polar surface area (TPSA) is 64.4 Å². The van der Waals surface area contributed by atoms with Crippen molar-refractivity contribution in [2.45, 2.75) is 37.8 Å². The maximum absolute atomic E-state index is 10.7. The second-order valence-electron chi connectivity index (χ2n) is 3.91. The molecule has 74 valence electrons. The predicted molar refractivity (Wildman–Crippen MR) is 48.2 cm³/mol. The van der Waals surface area contributed by atoms with Gasteiger partial charge < -0.3 is 15.8 Å². The van der Waals surface area contributed by atoms with Crippen molar-refractivity contribution in [1.29, 1.82) is 0 Å². The molecule has 1 heterocycles. The summed E-state index contributed by atoms with van der Waals surface area (Å²) in [5, 5.41) is 2.81. The maximum Gasteiger partial charge on any atom is 0.312 e. The molecule has 2 rings (SSSR count). The van der Waals surface area contributed by atoms with Gasteiger partial charge in [-0.1, -0.05) is 0 Å². The van der Waals surface area contributed by atoms with E-state index < -0.39 is 6.03 Å². The summed E-state index contributed by atoms with van der Waals surface area (Å²) in [6, 6.07) is -0.156. The Morgan fingerprint density at radius 2 is 2.23 bits per heavy atom. The van der Waals surface area contributed by atoms with E-state index in [-0.39, 0.29) is 6.04 Å². The number of fused-ring (bicyclic) bond motifs is 1. The lowest BCUT2D eigenvalue weighted by atomic mass is 9.82. The van der Waals surface area contributed by atoms with Gasteiger partial charge in [0, 0.05) is 18.6 Å². The summed E-state index contributed by atoms with van der Waals surface area (Å²) in [5.74, 6) is 0.501. The van der Waals surface area contributed by atoms with Gasteiger partial charge in [-0.15, -0.1) is 0 Å². The fourth-order valence-corrected chi connectivity index (χ4v) is 2.54. The lowest BCUT2D eigenvalue weighted by Crippen LogP contribution is -2.47. The molecule has 0 bridgehead atoms. The summed E-state index contributed by atoms with van der Waals surface area (Å²) in [5.41, 5.74) is 5.12. The van der Waals surface area contributed by atoms with E-state index in [0.29, 0.717) is 12.0 Å². The van der Waals surface area contributed by atoms with Crippen molar-refractivity contribution in [1.82, 2.24) is 5.32 Å². The number of carbonyl (C=O) groups is 1. The molecule has 2 fully saturated rings. The van der Waals surface area contributed by atoms with Gasteiger partial charge in [-0.05, 0) is 25.7 Å². The minimum atomic E-state index is -0.405. The van der Waals surface area contributed by atoms with Gasteiger partial charge in [0.05, 0.1) is 6.10 Å². The van der Waals surface area contributed by atoms with Gasteiger partial charge in [0.1, 0.15) is 0 Å². The van der Waals surface area contributed by atoms with E-state index in [2.05, 4.69) is 5.32 Å². The van der Waals surface area contributed by atoms with E-state index in [0.717, 1.165) is 32.3 Å². The van der Waals surface area contributed by atoms with Crippen molar-refractivity contribution in [2.24, 2.45) is 11.7 Å². The first-order chi connectivity index (χ1) is 6.27. The Morgan fingerprint density at radius 3 is 3.00 bits per heavy atom. The molecule has 2 amide bonds. The molecule has 4 heteroatoms. The Bertz CT molecular complexity index is 208. The second kappa shape index (κ2) is 3.54. The molecule has 0 radical (unpaired) electrons. The van der Waals surface area contributed by atoms with Crippen LogP contribution in [0, 0.1) is 5.92 Å². The number of ether oxygens (including phenoxy) is 1. The number of carbonyl (C=O) groups excluding carboxylic acids is 1. The predicted octanol–water partition coefficient (Wildman–Crippen LogP) is 0.612. The number of hydrogen-bond acceptors (Lipinski definition) is 2. The molecule has 3 N–H and O–H groups in total. The third kappa shape index (κ3) is 1.77. The maximum atomic E-state index is 10.7. The van der Waals surface area contributed by atoms with Crippen molar-refractivity contribution in [3.8, 4) is 0 Å². The molecule has 0 aromatic rings. The van der Waals surface area contributed by atoms with Crippen LogP contribution in [-0.4, -0.2) is 24.8 Å². The minimum absolute atomic E-state index is 0.249. The van der Waals surface area contributed by atoms with Crippen LogP contribution in [0.3, 0.4) is 0 Å². The third-order valence-electron chi connectivity index (χ3n) is 3.11. The van der Waals surface area contributed by atoms with E-state index in [9.17, 15) is 4.79 Å². The fraction of sp³-hybridized carbons (Fsp3) is 0.889. The SMILES string of the molecule is NC(=O)NC1CCCC2OCCC12. The lowest BCUT2D eigenvalue weighted by molar-refractivity contribution is 0.0552. The van der Waals surface area contributed by atoms with Crippen molar-refractivity contribution >= 4 is 6.03 Å². The van der Waals surface area contributed by atoms with Crippen molar-refractivity contribution in [2.75, 3.05) is 6.61 Å². The molecule has 3 unspecified atom stereocenters. The monoisotopic (exact) mass is 184 g/mol. The molecule has 1 saturated carbocycles. The van der Waals surface area contributed by atoms with Crippen LogP contribution in [0.4, 0.5) is 4.79 Å². The molecular formula is C9H16N2O2. The molecule has 0 aromatic carbocycles. The largest absolute Gasteiger partial charge is 0.378 e. The second-order valence-corrected chi connectivity index (χ2v) is 3.91. The molecule has 3 atom stereocenters. The molecule has 13 heavy (non-hydrogen) atoms. The number of primary amides is 1. The van der Waals surface area contributed by atoms with Crippen LogP contribution < -0.4 is 11.1 Å². The zero-order valence-corrected chi connectivity index (χ0v) is 7.66. The van der Waals surface area contributed by atoms with Crippen LogP contribution in [0.25, 0.3) is 0 Å². The number of amides is 2. The number of rotatable bonds is 1. The van der Waals surface area contributed by atoms with Gasteiger partial charge in [0.25, 0.3) is 0 Å². The first-order valence-corrected chi connectivity index (χ1v) is 4.95. The quantitative estimate of drug-likeness (QED) is 0.627. The average molecular weight is 184 g/mol. The fourth-order valence-electron chi connectivity index (χ4n) is 2.54. The van der Waals surface area contributed by atoms with Gasteiger partial charge >= 0.3 is 6.03 Å². The zero-order chi connectivity index (χ0) is 9.26. The van der Waals surface area contributed by atoms with E-state index in [1.165, 1.54) is 0 Å². The van der Waals surface area contributed by atoms with Crippen LogP contribution in [0.2, 0.25) is 0 Å². The molecule has 0 spiro atoms.